The maximum Gasteiger partial charge on any atom is 0.325 e. The topological polar surface area (TPSA) is 109 Å². The average molecular weight is 447 g/mol. The number of aromatic nitrogens is 7. The summed E-state index contributed by atoms with van der Waals surface area (Å²) >= 11 is 0. The first-order valence-corrected chi connectivity index (χ1v) is 10.8. The minimum Gasteiger partial charge on any atom is -0.317 e. The van der Waals surface area contributed by atoms with Crippen LogP contribution in [0.15, 0.2) is 36.7 Å². The molecule has 1 unspecified atom stereocenters. The normalized spacial score (nSPS) is 16.1. The largest absolute Gasteiger partial charge is 0.325 e. The maximum absolute atomic E-state index is 13.2. The molecular formula is C22H26N10O. The molecule has 4 aromatic rings. The monoisotopic (exact) mass is 446 g/mol. The van der Waals surface area contributed by atoms with Gasteiger partial charge in [-0.3, -0.25) is 14.0 Å². The molecular weight excluding hydrogens is 420 g/mol. The Labute approximate surface area is 191 Å². The van der Waals surface area contributed by atoms with E-state index in [1.807, 2.05) is 42.8 Å². The van der Waals surface area contributed by atoms with Crippen molar-refractivity contribution in [2.24, 2.45) is 13.0 Å². The van der Waals surface area contributed by atoms with Crippen molar-refractivity contribution in [3.63, 3.8) is 0 Å². The second kappa shape index (κ2) is 7.84. The van der Waals surface area contributed by atoms with Gasteiger partial charge in [0.05, 0.1) is 17.9 Å². The fourth-order valence-electron chi connectivity index (χ4n) is 4.17. The summed E-state index contributed by atoms with van der Waals surface area (Å²) in [4.78, 5) is 25.6. The predicted octanol–water partition coefficient (Wildman–Crippen LogP) is 3.25. The lowest BCUT2D eigenvalue weighted by atomic mass is 10.0. The van der Waals surface area contributed by atoms with Crippen molar-refractivity contribution in [2.75, 3.05) is 24.3 Å². The molecule has 170 valence electrons. The SMILES string of the molecule is CC(C)CC1c2nnc3cc(-c4ccnc(Nc5ccnn5C)n4)cc(n23)N(C)C(=O)N1C. The minimum atomic E-state index is -0.157. The Kier molecular flexibility index (Phi) is 4.95. The molecule has 1 atom stereocenters. The molecule has 0 bridgehead atoms. The van der Waals surface area contributed by atoms with Crippen molar-refractivity contribution >= 4 is 29.3 Å². The zero-order chi connectivity index (χ0) is 23.3. The summed E-state index contributed by atoms with van der Waals surface area (Å²) in [5, 5.41) is 16.3. The van der Waals surface area contributed by atoms with Gasteiger partial charge < -0.3 is 10.2 Å². The molecule has 0 saturated heterocycles. The molecule has 5 heterocycles. The highest BCUT2D eigenvalue weighted by atomic mass is 16.2. The van der Waals surface area contributed by atoms with E-state index in [0.717, 1.165) is 23.6 Å². The van der Waals surface area contributed by atoms with Crippen LogP contribution in [-0.2, 0) is 7.05 Å². The second-order valence-electron chi connectivity index (χ2n) is 8.68. The van der Waals surface area contributed by atoms with Crippen molar-refractivity contribution in [1.82, 2.24) is 39.2 Å². The molecule has 11 heteroatoms. The molecule has 2 amide bonds. The van der Waals surface area contributed by atoms with Crippen LogP contribution in [0.5, 0.6) is 0 Å². The number of hydrogen-bond donors (Lipinski definition) is 1. The molecule has 0 radical (unpaired) electrons. The molecule has 1 aliphatic heterocycles. The lowest BCUT2D eigenvalue weighted by Gasteiger charge is -2.28. The first-order chi connectivity index (χ1) is 15.8. The van der Waals surface area contributed by atoms with E-state index >= 15 is 0 Å². The molecule has 0 aliphatic carbocycles. The molecule has 11 nitrogen and oxygen atoms in total. The number of carbonyl (C=O) groups excluding carboxylic acids is 1. The summed E-state index contributed by atoms with van der Waals surface area (Å²) in [5.41, 5.74) is 2.19. The third kappa shape index (κ3) is 3.55. The van der Waals surface area contributed by atoms with E-state index in [-0.39, 0.29) is 12.1 Å². The van der Waals surface area contributed by atoms with E-state index in [1.165, 1.54) is 0 Å². The van der Waals surface area contributed by atoms with Crippen molar-refractivity contribution in [3.05, 3.63) is 42.5 Å². The molecule has 33 heavy (non-hydrogen) atoms. The van der Waals surface area contributed by atoms with Crippen LogP contribution in [0.4, 0.5) is 22.4 Å². The summed E-state index contributed by atoms with van der Waals surface area (Å²) in [6.07, 6.45) is 4.19. The van der Waals surface area contributed by atoms with Gasteiger partial charge in [0.1, 0.15) is 11.6 Å². The Morgan fingerprint density at radius 1 is 1.09 bits per heavy atom. The Hall–Kier alpha value is -4.02. The highest BCUT2D eigenvalue weighted by molar-refractivity contribution is 5.92. The van der Waals surface area contributed by atoms with Crippen molar-refractivity contribution in [2.45, 2.75) is 26.3 Å². The van der Waals surface area contributed by atoms with Gasteiger partial charge in [0, 0.05) is 39.0 Å². The van der Waals surface area contributed by atoms with E-state index < -0.39 is 0 Å². The molecule has 1 aliphatic rings. The summed E-state index contributed by atoms with van der Waals surface area (Å²) in [5.74, 6) is 3.09. The number of rotatable bonds is 5. The van der Waals surface area contributed by atoms with Crippen molar-refractivity contribution in [3.8, 4) is 11.3 Å². The number of nitrogens with zero attached hydrogens (tertiary/aromatic N) is 9. The van der Waals surface area contributed by atoms with Crippen LogP contribution in [0.1, 0.15) is 32.1 Å². The molecule has 0 aromatic carbocycles. The van der Waals surface area contributed by atoms with E-state index in [9.17, 15) is 4.79 Å². The van der Waals surface area contributed by atoms with Gasteiger partial charge in [-0.15, -0.1) is 10.2 Å². The molecule has 5 rings (SSSR count). The number of anilines is 3. The van der Waals surface area contributed by atoms with E-state index in [1.54, 1.807) is 33.9 Å². The fraction of sp³-hybridized carbons (Fsp3) is 0.364. The Morgan fingerprint density at radius 2 is 1.91 bits per heavy atom. The highest BCUT2D eigenvalue weighted by Crippen LogP contribution is 2.35. The Morgan fingerprint density at radius 3 is 2.64 bits per heavy atom. The number of urea groups is 1. The standard InChI is InChI=1S/C22H26N10O/c1-13(2)10-16-20-28-27-18-11-14(12-19(32(18)20)30(4)22(33)29(16)3)15-6-8-23-21(25-15)26-17-7-9-24-31(17)5/h6-9,11-13,16H,10H2,1-5H3,(H,23,25,26). The first-order valence-electron chi connectivity index (χ1n) is 10.8. The fourth-order valence-corrected chi connectivity index (χ4v) is 4.17. The Bertz CT molecular complexity index is 1340. The minimum absolute atomic E-state index is 0.0918. The van der Waals surface area contributed by atoms with Crippen LogP contribution in [-0.4, -0.2) is 59.4 Å². The summed E-state index contributed by atoms with van der Waals surface area (Å²) in [6, 6.07) is 7.31. The highest BCUT2D eigenvalue weighted by Gasteiger charge is 2.34. The van der Waals surface area contributed by atoms with Gasteiger partial charge in [0.25, 0.3) is 0 Å². The summed E-state index contributed by atoms with van der Waals surface area (Å²) in [7, 11) is 5.43. The lowest BCUT2D eigenvalue weighted by molar-refractivity contribution is 0.188. The molecule has 0 saturated carbocycles. The lowest BCUT2D eigenvalue weighted by Crippen LogP contribution is -2.40. The van der Waals surface area contributed by atoms with Crippen LogP contribution in [0.3, 0.4) is 0 Å². The summed E-state index contributed by atoms with van der Waals surface area (Å²) < 4.78 is 3.67. The zero-order valence-electron chi connectivity index (χ0n) is 19.3. The number of hydrogen-bond acceptors (Lipinski definition) is 7. The van der Waals surface area contributed by atoms with Gasteiger partial charge in [-0.1, -0.05) is 13.8 Å². The number of nitrogens with one attached hydrogen (secondary N) is 1. The van der Waals surface area contributed by atoms with Crippen molar-refractivity contribution < 1.29 is 4.79 Å². The van der Waals surface area contributed by atoms with Gasteiger partial charge in [0.2, 0.25) is 5.95 Å². The second-order valence-corrected chi connectivity index (χ2v) is 8.68. The van der Waals surface area contributed by atoms with Gasteiger partial charge in [-0.05, 0) is 30.5 Å². The van der Waals surface area contributed by atoms with Gasteiger partial charge in [-0.2, -0.15) is 5.10 Å². The quantitative estimate of drug-likeness (QED) is 0.501. The number of aryl methyl sites for hydroxylation is 1. The van der Waals surface area contributed by atoms with Crippen molar-refractivity contribution in [1.29, 1.82) is 0 Å². The third-order valence-electron chi connectivity index (χ3n) is 5.92. The van der Waals surface area contributed by atoms with Gasteiger partial charge >= 0.3 is 6.03 Å². The Balaban J connectivity index is 1.60. The first kappa shape index (κ1) is 20.9. The van der Waals surface area contributed by atoms with E-state index in [0.29, 0.717) is 29.0 Å². The van der Waals surface area contributed by atoms with E-state index in [4.69, 9.17) is 0 Å². The summed E-state index contributed by atoms with van der Waals surface area (Å²) in [6.45, 7) is 4.28. The van der Waals surface area contributed by atoms with Crippen LogP contribution in [0.25, 0.3) is 16.9 Å². The van der Waals surface area contributed by atoms with Gasteiger partial charge in [0.15, 0.2) is 11.5 Å². The molecule has 0 spiro atoms. The molecule has 4 aromatic heterocycles. The predicted molar refractivity (Wildman–Crippen MR) is 124 cm³/mol. The van der Waals surface area contributed by atoms with Gasteiger partial charge in [-0.25, -0.2) is 14.8 Å². The average Bonchev–Trinajstić information content (AvgIpc) is 3.39. The molecule has 1 N–H and O–H groups in total. The number of pyridine rings is 1. The van der Waals surface area contributed by atoms with Crippen LogP contribution in [0.2, 0.25) is 0 Å². The van der Waals surface area contributed by atoms with Crippen LogP contribution >= 0.6 is 0 Å². The number of amides is 2. The third-order valence-corrected chi connectivity index (χ3v) is 5.92. The zero-order valence-corrected chi connectivity index (χ0v) is 19.3. The van der Waals surface area contributed by atoms with E-state index in [2.05, 4.69) is 44.4 Å². The smallest absolute Gasteiger partial charge is 0.317 e. The number of carbonyl (C=O) groups is 1. The van der Waals surface area contributed by atoms with Crippen LogP contribution < -0.4 is 10.2 Å². The molecule has 0 fully saturated rings. The van der Waals surface area contributed by atoms with Crippen LogP contribution in [0, 0.1) is 5.92 Å². The maximum atomic E-state index is 13.2.